The van der Waals surface area contributed by atoms with Crippen molar-refractivity contribution < 1.29 is 4.79 Å². The molecular formula is C14H19N3O2. The van der Waals surface area contributed by atoms with E-state index in [9.17, 15) is 9.59 Å². The molecular weight excluding hydrogens is 242 g/mol. The van der Waals surface area contributed by atoms with Crippen molar-refractivity contribution in [3.63, 3.8) is 0 Å². The Kier molecular flexibility index (Phi) is 3.38. The van der Waals surface area contributed by atoms with Gasteiger partial charge in [0.05, 0.1) is 0 Å². The van der Waals surface area contributed by atoms with E-state index in [0.717, 1.165) is 32.1 Å². The molecule has 0 atom stereocenters. The Labute approximate surface area is 112 Å². The third-order valence-electron chi connectivity index (χ3n) is 3.93. The van der Waals surface area contributed by atoms with Crippen molar-refractivity contribution >= 4 is 5.91 Å². The number of amides is 1. The molecule has 3 rings (SSSR count). The first-order valence-electron chi connectivity index (χ1n) is 6.93. The van der Waals surface area contributed by atoms with Crippen LogP contribution < -0.4 is 5.43 Å². The quantitative estimate of drug-likeness (QED) is 0.864. The van der Waals surface area contributed by atoms with Gasteiger partial charge < -0.3 is 9.88 Å². The fourth-order valence-corrected chi connectivity index (χ4v) is 2.55. The smallest absolute Gasteiger partial charge is 0.259 e. The minimum atomic E-state index is -0.204. The topological polar surface area (TPSA) is 56.4 Å². The van der Waals surface area contributed by atoms with Crippen LogP contribution in [0.5, 0.6) is 0 Å². The van der Waals surface area contributed by atoms with E-state index in [2.05, 4.69) is 9.88 Å². The number of nitrogens with one attached hydrogen (secondary N) is 1. The van der Waals surface area contributed by atoms with Crippen molar-refractivity contribution in [3.8, 4) is 0 Å². The second-order valence-corrected chi connectivity index (χ2v) is 5.46. The molecule has 1 aromatic heterocycles. The molecule has 0 spiro atoms. The highest BCUT2D eigenvalue weighted by Gasteiger charge is 2.28. The van der Waals surface area contributed by atoms with Crippen molar-refractivity contribution in [1.82, 2.24) is 14.8 Å². The third kappa shape index (κ3) is 2.87. The molecule has 2 heterocycles. The molecule has 1 aliphatic carbocycles. The van der Waals surface area contributed by atoms with Crippen LogP contribution >= 0.6 is 0 Å². The predicted molar refractivity (Wildman–Crippen MR) is 72.1 cm³/mol. The second-order valence-electron chi connectivity index (χ2n) is 5.46. The summed E-state index contributed by atoms with van der Waals surface area (Å²) in [6.07, 6.45) is 5.77. The van der Waals surface area contributed by atoms with Crippen LogP contribution in [0.4, 0.5) is 0 Å². The van der Waals surface area contributed by atoms with Gasteiger partial charge >= 0.3 is 0 Å². The van der Waals surface area contributed by atoms with Gasteiger partial charge in [-0.3, -0.25) is 14.5 Å². The largest absolute Gasteiger partial charge is 0.367 e. The highest BCUT2D eigenvalue weighted by Crippen LogP contribution is 2.29. The van der Waals surface area contributed by atoms with Gasteiger partial charge in [-0.15, -0.1) is 0 Å². The number of aromatic nitrogens is 1. The number of hydrogen-bond acceptors (Lipinski definition) is 3. The number of nitrogens with zero attached hydrogens (tertiary/aromatic N) is 2. The first-order chi connectivity index (χ1) is 9.24. The lowest BCUT2D eigenvalue weighted by atomic mass is 10.2. The first kappa shape index (κ1) is 12.4. The van der Waals surface area contributed by atoms with E-state index in [4.69, 9.17) is 0 Å². The molecule has 0 aromatic carbocycles. The second kappa shape index (κ2) is 5.17. The number of pyridine rings is 1. The molecule has 1 saturated heterocycles. The Balaban J connectivity index is 1.60. The van der Waals surface area contributed by atoms with Crippen molar-refractivity contribution in [1.29, 1.82) is 0 Å². The third-order valence-corrected chi connectivity index (χ3v) is 3.93. The van der Waals surface area contributed by atoms with Crippen molar-refractivity contribution in [2.75, 3.05) is 32.7 Å². The molecule has 5 nitrogen and oxygen atoms in total. The molecule has 19 heavy (non-hydrogen) atoms. The zero-order valence-electron chi connectivity index (χ0n) is 11.0. The van der Waals surface area contributed by atoms with Crippen molar-refractivity contribution in [2.45, 2.75) is 12.8 Å². The molecule has 102 valence electrons. The normalized spacial score (nSPS) is 20.5. The van der Waals surface area contributed by atoms with Gasteiger partial charge in [0.1, 0.15) is 5.56 Å². The minimum Gasteiger partial charge on any atom is -0.367 e. The standard InChI is InChI=1S/C14H19N3O2/c18-13-3-4-15-9-12(13)14(19)17-7-5-16(6-8-17)10-11-1-2-11/h3-4,9,11H,1-2,5-8,10H2,(H,15,18). The van der Waals surface area contributed by atoms with Gasteiger partial charge in [0, 0.05) is 51.2 Å². The molecule has 0 bridgehead atoms. The van der Waals surface area contributed by atoms with Crippen molar-refractivity contribution in [2.24, 2.45) is 5.92 Å². The van der Waals surface area contributed by atoms with E-state index < -0.39 is 0 Å². The monoisotopic (exact) mass is 261 g/mol. The van der Waals surface area contributed by atoms with E-state index >= 15 is 0 Å². The van der Waals surface area contributed by atoms with Gasteiger partial charge in [-0.2, -0.15) is 0 Å². The molecule has 2 aliphatic rings. The Morgan fingerprint density at radius 2 is 2.00 bits per heavy atom. The van der Waals surface area contributed by atoms with Crippen LogP contribution in [-0.2, 0) is 0 Å². The van der Waals surface area contributed by atoms with Gasteiger partial charge in [-0.25, -0.2) is 0 Å². The number of piperazine rings is 1. The van der Waals surface area contributed by atoms with E-state index in [-0.39, 0.29) is 16.9 Å². The van der Waals surface area contributed by atoms with Crippen LogP contribution in [0.2, 0.25) is 0 Å². The molecule has 2 fully saturated rings. The lowest BCUT2D eigenvalue weighted by molar-refractivity contribution is 0.0630. The Hall–Kier alpha value is -1.62. The fraction of sp³-hybridized carbons (Fsp3) is 0.571. The molecule has 5 heteroatoms. The van der Waals surface area contributed by atoms with Crippen molar-refractivity contribution in [3.05, 3.63) is 34.2 Å². The number of carbonyl (C=O) groups is 1. The lowest BCUT2D eigenvalue weighted by Crippen LogP contribution is -2.49. The van der Waals surface area contributed by atoms with Crippen LogP contribution in [0.3, 0.4) is 0 Å². The van der Waals surface area contributed by atoms with Gasteiger partial charge in [0.15, 0.2) is 5.43 Å². The van der Waals surface area contributed by atoms with Gasteiger partial charge in [-0.1, -0.05) is 0 Å². The summed E-state index contributed by atoms with van der Waals surface area (Å²) in [6.45, 7) is 4.47. The molecule has 1 aliphatic heterocycles. The SMILES string of the molecule is O=C(c1c[nH]ccc1=O)N1CCN(CC2CC2)CC1. The Morgan fingerprint density at radius 3 is 2.63 bits per heavy atom. The van der Waals surface area contributed by atoms with Gasteiger partial charge in [-0.05, 0) is 18.8 Å². The number of H-pyrrole nitrogens is 1. The van der Waals surface area contributed by atoms with E-state index in [1.165, 1.54) is 31.6 Å². The maximum atomic E-state index is 12.2. The van der Waals surface area contributed by atoms with E-state index in [1.54, 1.807) is 11.1 Å². The summed E-state index contributed by atoms with van der Waals surface area (Å²) in [5.74, 6) is 0.743. The molecule has 1 aromatic rings. The summed E-state index contributed by atoms with van der Waals surface area (Å²) in [5.41, 5.74) is 0.0438. The predicted octanol–water partition coefficient (Wildman–Crippen LogP) is 0.543. The maximum Gasteiger partial charge on any atom is 0.259 e. The van der Waals surface area contributed by atoms with E-state index in [0.29, 0.717) is 0 Å². The molecule has 1 amide bonds. The van der Waals surface area contributed by atoms with Crippen LogP contribution in [-0.4, -0.2) is 53.4 Å². The van der Waals surface area contributed by atoms with Gasteiger partial charge in [0.2, 0.25) is 0 Å². The Bertz CT molecular complexity index is 513. The summed E-state index contributed by atoms with van der Waals surface area (Å²) in [5, 5.41) is 0. The summed E-state index contributed by atoms with van der Waals surface area (Å²) in [7, 11) is 0. The minimum absolute atomic E-state index is 0.145. The highest BCUT2D eigenvalue weighted by atomic mass is 16.2. The number of hydrogen-bond donors (Lipinski definition) is 1. The number of rotatable bonds is 3. The average Bonchev–Trinajstić information content (AvgIpc) is 3.23. The van der Waals surface area contributed by atoms with Crippen LogP contribution in [0, 0.1) is 5.92 Å². The highest BCUT2D eigenvalue weighted by molar-refractivity contribution is 5.93. The summed E-state index contributed by atoms with van der Waals surface area (Å²) >= 11 is 0. The van der Waals surface area contributed by atoms with Crippen LogP contribution in [0.1, 0.15) is 23.2 Å². The zero-order chi connectivity index (χ0) is 13.2. The number of carbonyl (C=O) groups excluding carboxylic acids is 1. The fourth-order valence-electron chi connectivity index (χ4n) is 2.55. The van der Waals surface area contributed by atoms with Crippen LogP contribution in [0.25, 0.3) is 0 Å². The molecule has 0 unspecified atom stereocenters. The molecule has 0 radical (unpaired) electrons. The average molecular weight is 261 g/mol. The maximum absolute atomic E-state index is 12.2. The van der Waals surface area contributed by atoms with Gasteiger partial charge in [0.25, 0.3) is 5.91 Å². The zero-order valence-corrected chi connectivity index (χ0v) is 11.0. The first-order valence-corrected chi connectivity index (χ1v) is 6.93. The summed E-state index contributed by atoms with van der Waals surface area (Å²) < 4.78 is 0. The lowest BCUT2D eigenvalue weighted by Gasteiger charge is -2.34. The summed E-state index contributed by atoms with van der Waals surface area (Å²) in [6, 6.07) is 1.40. The molecule has 1 saturated carbocycles. The Morgan fingerprint density at radius 1 is 1.26 bits per heavy atom. The molecule has 1 N–H and O–H groups in total. The van der Waals surface area contributed by atoms with Crippen LogP contribution in [0.15, 0.2) is 23.3 Å². The summed E-state index contributed by atoms with van der Waals surface area (Å²) in [4.78, 5) is 30.9. The van der Waals surface area contributed by atoms with E-state index in [1.807, 2.05) is 0 Å². The number of aromatic amines is 1.